The number of ether oxygens (including phenoxy) is 3. The maximum absolute atomic E-state index is 12.9. The van der Waals surface area contributed by atoms with E-state index < -0.39 is 6.10 Å². The van der Waals surface area contributed by atoms with Crippen LogP contribution < -0.4 is 0 Å². The summed E-state index contributed by atoms with van der Waals surface area (Å²) in [4.78, 5) is 38.4. The first-order chi connectivity index (χ1) is 39.5. The number of unbranched alkanes of at least 4 members (excludes halogenated alkanes) is 41. The summed E-state index contributed by atoms with van der Waals surface area (Å²) >= 11 is 0. The molecular weight excluding hydrogens is 985 g/mol. The molecule has 0 bridgehead atoms. The molecule has 0 amide bonds. The molecule has 0 heterocycles. The minimum Gasteiger partial charge on any atom is -0.462 e. The molecule has 0 spiro atoms. The van der Waals surface area contributed by atoms with Crippen molar-refractivity contribution in [2.75, 3.05) is 13.2 Å². The lowest BCUT2D eigenvalue weighted by Crippen LogP contribution is -2.30. The molecule has 1 atom stereocenters. The molecule has 0 aliphatic carbocycles. The van der Waals surface area contributed by atoms with Crippen LogP contribution in [0.5, 0.6) is 0 Å². The summed E-state index contributed by atoms with van der Waals surface area (Å²) in [5.41, 5.74) is 0. The first kappa shape index (κ1) is 76.9. The Balaban J connectivity index is 4.27. The van der Waals surface area contributed by atoms with E-state index in [9.17, 15) is 14.4 Å². The van der Waals surface area contributed by atoms with Crippen molar-refractivity contribution in [1.82, 2.24) is 0 Å². The molecular formula is C74H132O6. The molecule has 0 saturated heterocycles. The Morgan fingerprint density at radius 2 is 0.487 bits per heavy atom. The van der Waals surface area contributed by atoms with Gasteiger partial charge in [-0.3, -0.25) is 14.4 Å². The number of carbonyl (C=O) groups excluding carboxylic acids is 3. The van der Waals surface area contributed by atoms with Crippen molar-refractivity contribution in [2.45, 2.75) is 367 Å². The van der Waals surface area contributed by atoms with E-state index in [1.165, 1.54) is 218 Å². The summed E-state index contributed by atoms with van der Waals surface area (Å²) in [6, 6.07) is 0. The van der Waals surface area contributed by atoms with E-state index in [0.29, 0.717) is 19.3 Å². The topological polar surface area (TPSA) is 78.9 Å². The van der Waals surface area contributed by atoms with Crippen molar-refractivity contribution in [3.05, 3.63) is 72.9 Å². The van der Waals surface area contributed by atoms with Crippen LogP contribution in [0.2, 0.25) is 0 Å². The molecule has 0 N–H and O–H groups in total. The second-order valence-electron chi connectivity index (χ2n) is 23.4. The van der Waals surface area contributed by atoms with Crippen molar-refractivity contribution < 1.29 is 28.6 Å². The lowest BCUT2D eigenvalue weighted by Gasteiger charge is -2.18. The molecule has 6 nitrogen and oxygen atoms in total. The van der Waals surface area contributed by atoms with E-state index in [1.807, 2.05) is 0 Å². The number of carbonyl (C=O) groups is 3. The van der Waals surface area contributed by atoms with Gasteiger partial charge in [0.2, 0.25) is 0 Å². The third kappa shape index (κ3) is 65.7. The van der Waals surface area contributed by atoms with E-state index in [0.717, 1.165) is 103 Å². The first-order valence-electron chi connectivity index (χ1n) is 34.9. The fraction of sp³-hybridized carbons (Fsp3) is 0.797. The molecule has 6 heteroatoms. The summed E-state index contributed by atoms with van der Waals surface area (Å²) in [6.07, 6.45) is 89.4. The molecule has 0 aromatic heterocycles. The number of esters is 3. The van der Waals surface area contributed by atoms with Gasteiger partial charge in [0, 0.05) is 19.3 Å². The van der Waals surface area contributed by atoms with Crippen molar-refractivity contribution in [3.8, 4) is 0 Å². The van der Waals surface area contributed by atoms with Crippen molar-refractivity contribution in [3.63, 3.8) is 0 Å². The Labute approximate surface area is 497 Å². The fourth-order valence-electron chi connectivity index (χ4n) is 10.2. The van der Waals surface area contributed by atoms with E-state index >= 15 is 0 Å². The van der Waals surface area contributed by atoms with Crippen LogP contribution in [0.4, 0.5) is 0 Å². The predicted octanol–water partition coefficient (Wildman–Crippen LogP) is 24.1. The lowest BCUT2D eigenvalue weighted by atomic mass is 10.0. The van der Waals surface area contributed by atoms with Crippen LogP contribution in [0.3, 0.4) is 0 Å². The Hall–Kier alpha value is -3.15. The average molecular weight is 1120 g/mol. The Morgan fingerprint density at radius 3 is 0.775 bits per heavy atom. The smallest absolute Gasteiger partial charge is 0.306 e. The second-order valence-corrected chi connectivity index (χ2v) is 23.4. The third-order valence-corrected chi connectivity index (χ3v) is 15.4. The molecule has 0 aromatic rings. The highest BCUT2D eigenvalue weighted by Crippen LogP contribution is 2.18. The van der Waals surface area contributed by atoms with Crippen LogP contribution in [0, 0.1) is 0 Å². The highest BCUT2D eigenvalue weighted by molar-refractivity contribution is 5.71. The minimum absolute atomic E-state index is 0.0850. The van der Waals surface area contributed by atoms with Gasteiger partial charge < -0.3 is 14.2 Å². The maximum Gasteiger partial charge on any atom is 0.306 e. The van der Waals surface area contributed by atoms with Gasteiger partial charge in [0.25, 0.3) is 0 Å². The Kier molecular flexibility index (Phi) is 65.7. The number of allylic oxidation sites excluding steroid dienone is 12. The van der Waals surface area contributed by atoms with Gasteiger partial charge in [0.1, 0.15) is 13.2 Å². The highest BCUT2D eigenvalue weighted by atomic mass is 16.6. The van der Waals surface area contributed by atoms with Crippen LogP contribution in [0.25, 0.3) is 0 Å². The molecule has 80 heavy (non-hydrogen) atoms. The largest absolute Gasteiger partial charge is 0.462 e. The molecule has 0 aromatic carbocycles. The lowest BCUT2D eigenvalue weighted by molar-refractivity contribution is -0.167. The summed E-state index contributed by atoms with van der Waals surface area (Å²) in [6.45, 7) is 6.54. The van der Waals surface area contributed by atoms with Crippen LogP contribution in [-0.2, 0) is 28.6 Å². The molecule has 464 valence electrons. The van der Waals surface area contributed by atoms with Gasteiger partial charge in [-0.2, -0.15) is 0 Å². The summed E-state index contributed by atoms with van der Waals surface area (Å²) in [5.74, 6) is -0.904. The zero-order valence-electron chi connectivity index (χ0n) is 53.3. The molecule has 0 fully saturated rings. The highest BCUT2D eigenvalue weighted by Gasteiger charge is 2.19. The zero-order chi connectivity index (χ0) is 57.8. The van der Waals surface area contributed by atoms with Crippen molar-refractivity contribution in [1.29, 1.82) is 0 Å². The monoisotopic (exact) mass is 1120 g/mol. The number of hydrogen-bond acceptors (Lipinski definition) is 6. The minimum atomic E-state index is -0.792. The summed E-state index contributed by atoms with van der Waals surface area (Å²) in [7, 11) is 0. The van der Waals surface area contributed by atoms with Gasteiger partial charge >= 0.3 is 17.9 Å². The first-order valence-corrected chi connectivity index (χ1v) is 34.9. The van der Waals surface area contributed by atoms with Crippen LogP contribution in [0.15, 0.2) is 72.9 Å². The second kappa shape index (κ2) is 68.3. The third-order valence-electron chi connectivity index (χ3n) is 15.4. The normalized spacial score (nSPS) is 12.5. The van der Waals surface area contributed by atoms with Crippen LogP contribution >= 0.6 is 0 Å². The molecule has 0 saturated carbocycles. The predicted molar refractivity (Wildman–Crippen MR) is 348 cm³/mol. The van der Waals surface area contributed by atoms with E-state index in [2.05, 4.69) is 93.7 Å². The quantitative estimate of drug-likeness (QED) is 0.0261. The Morgan fingerprint density at radius 1 is 0.263 bits per heavy atom. The van der Waals surface area contributed by atoms with Crippen LogP contribution in [0.1, 0.15) is 361 Å². The van der Waals surface area contributed by atoms with E-state index in [4.69, 9.17) is 14.2 Å². The van der Waals surface area contributed by atoms with Crippen molar-refractivity contribution >= 4 is 17.9 Å². The fourth-order valence-corrected chi connectivity index (χ4v) is 10.2. The van der Waals surface area contributed by atoms with Crippen molar-refractivity contribution in [2.24, 2.45) is 0 Å². The number of hydrogen-bond donors (Lipinski definition) is 0. The van der Waals surface area contributed by atoms with Gasteiger partial charge in [0.15, 0.2) is 6.10 Å². The van der Waals surface area contributed by atoms with Gasteiger partial charge in [-0.05, 0) is 89.9 Å². The molecule has 0 aliphatic rings. The number of rotatable bonds is 64. The SMILES string of the molecule is CC/C=C\C/C=C\C/C=C\CCCCCC(=O)OCC(COC(=O)CCCCCCCCCCCCCCCCCCCCCCCCCCCC)OC(=O)CCCCCCCCCC/C=C\C/C=C\C/C=C\CCCCCCC. The summed E-state index contributed by atoms with van der Waals surface area (Å²) < 4.78 is 16.9. The van der Waals surface area contributed by atoms with Gasteiger partial charge in [-0.15, -0.1) is 0 Å². The van der Waals surface area contributed by atoms with Gasteiger partial charge in [-0.25, -0.2) is 0 Å². The van der Waals surface area contributed by atoms with Gasteiger partial charge in [-0.1, -0.05) is 325 Å². The molecule has 0 aliphatic heterocycles. The van der Waals surface area contributed by atoms with E-state index in [-0.39, 0.29) is 31.1 Å². The summed E-state index contributed by atoms with van der Waals surface area (Å²) in [5, 5.41) is 0. The molecule has 1 unspecified atom stereocenters. The van der Waals surface area contributed by atoms with Crippen LogP contribution in [-0.4, -0.2) is 37.2 Å². The Bertz CT molecular complexity index is 1470. The van der Waals surface area contributed by atoms with Gasteiger partial charge in [0.05, 0.1) is 0 Å². The zero-order valence-corrected chi connectivity index (χ0v) is 53.3. The molecule has 0 rings (SSSR count). The molecule has 0 radical (unpaired) electrons. The van der Waals surface area contributed by atoms with E-state index in [1.54, 1.807) is 0 Å². The standard InChI is InChI=1S/C74H132O6/c1-4-7-10-13-16-19-22-25-27-29-31-33-35-36-37-39-40-42-44-46-49-52-55-58-61-64-67-73(76)79-70-71(69-78-72(75)66-63-60-57-54-51-48-24-21-18-15-12-9-6-3)80-74(77)68-65-62-59-56-53-50-47-45-43-41-38-34-32-30-28-26-23-20-17-14-11-8-5-2/h9,12,18,21,23,26,30,32,38,41,48,51,71H,4-8,10-11,13-17,19-20,22,24-25,27-29,31,33-37,39-40,42-47,49-50,52-70H2,1-3H3/b12-9-,21-18-,26-23-,32-30-,41-38-,51-48-. The average Bonchev–Trinajstić information content (AvgIpc) is 3.46. The maximum atomic E-state index is 12.9.